The number of carbonyl (C=O) groups is 1. The molecule has 0 radical (unpaired) electrons. The van der Waals surface area contributed by atoms with Gasteiger partial charge in [0.1, 0.15) is 0 Å². The third kappa shape index (κ3) is 4.92. The van der Waals surface area contributed by atoms with E-state index in [4.69, 9.17) is 0 Å². The van der Waals surface area contributed by atoms with Gasteiger partial charge in [0.25, 0.3) is 5.56 Å². The van der Waals surface area contributed by atoms with Gasteiger partial charge in [0, 0.05) is 30.6 Å². The molecule has 1 aromatic carbocycles. The van der Waals surface area contributed by atoms with E-state index in [2.05, 4.69) is 15.2 Å². The van der Waals surface area contributed by atoms with Gasteiger partial charge in [-0.15, -0.1) is 0 Å². The maximum Gasteiger partial charge on any atom is 0.251 e. The van der Waals surface area contributed by atoms with E-state index in [-0.39, 0.29) is 11.5 Å². The summed E-state index contributed by atoms with van der Waals surface area (Å²) in [5, 5.41) is 3.98. The van der Waals surface area contributed by atoms with Gasteiger partial charge in [0.15, 0.2) is 0 Å². The molecular formula is C20H27N3O2. The minimum absolute atomic E-state index is 0.0143. The van der Waals surface area contributed by atoms with Crippen LogP contribution in [0.15, 0.2) is 29.1 Å². The highest BCUT2D eigenvalue weighted by molar-refractivity contribution is 5.80. The average molecular weight is 341 g/mol. The first-order chi connectivity index (χ1) is 12.1. The first-order valence-electron chi connectivity index (χ1n) is 9.23. The van der Waals surface area contributed by atoms with Crippen molar-refractivity contribution >= 4 is 16.8 Å². The molecule has 25 heavy (non-hydrogen) atoms. The largest absolute Gasteiger partial charge is 0.355 e. The molecule has 1 aromatic heterocycles. The van der Waals surface area contributed by atoms with Crippen LogP contribution >= 0.6 is 0 Å². The molecule has 0 spiro atoms. The Morgan fingerprint density at radius 1 is 1.20 bits per heavy atom. The van der Waals surface area contributed by atoms with Gasteiger partial charge in [-0.3, -0.25) is 9.59 Å². The van der Waals surface area contributed by atoms with E-state index >= 15 is 0 Å². The third-order valence-corrected chi connectivity index (χ3v) is 4.90. The molecule has 1 saturated heterocycles. The van der Waals surface area contributed by atoms with Gasteiger partial charge in [0.05, 0.1) is 0 Å². The predicted molar refractivity (Wildman–Crippen MR) is 101 cm³/mol. The Bertz CT molecular complexity index is 791. The number of amides is 1. The summed E-state index contributed by atoms with van der Waals surface area (Å²) < 4.78 is 0. The van der Waals surface area contributed by atoms with E-state index in [1.807, 2.05) is 31.2 Å². The lowest BCUT2D eigenvalue weighted by Gasteiger charge is -2.26. The van der Waals surface area contributed by atoms with Gasteiger partial charge in [-0.2, -0.15) is 0 Å². The zero-order valence-corrected chi connectivity index (χ0v) is 14.9. The summed E-state index contributed by atoms with van der Waals surface area (Å²) in [6.07, 6.45) is 4.66. The number of nitrogens with one attached hydrogen (secondary N) is 2. The smallest absolute Gasteiger partial charge is 0.251 e. The lowest BCUT2D eigenvalue weighted by atomic mass is 10.1. The topological polar surface area (TPSA) is 65.2 Å². The third-order valence-electron chi connectivity index (χ3n) is 4.90. The Labute approximate surface area is 148 Å². The Morgan fingerprint density at radius 2 is 2.00 bits per heavy atom. The van der Waals surface area contributed by atoms with Crippen molar-refractivity contribution < 1.29 is 4.79 Å². The number of carbonyl (C=O) groups excluding carboxylic acids is 1. The molecule has 0 unspecified atom stereocenters. The summed E-state index contributed by atoms with van der Waals surface area (Å²) in [6.45, 7) is 5.89. The van der Waals surface area contributed by atoms with E-state index in [0.717, 1.165) is 36.1 Å². The van der Waals surface area contributed by atoms with Crippen LogP contribution in [-0.2, 0) is 11.2 Å². The van der Waals surface area contributed by atoms with Gasteiger partial charge in [-0.05, 0) is 62.4 Å². The lowest BCUT2D eigenvalue weighted by molar-refractivity contribution is -0.121. The fourth-order valence-corrected chi connectivity index (χ4v) is 3.42. The SMILES string of the molecule is Cc1ccc2cc(CCC(=O)NCCN3CCCCC3)c(=O)[nH]c2c1. The molecule has 3 rings (SSSR count). The molecule has 2 N–H and O–H groups in total. The Balaban J connectivity index is 1.49. The molecule has 1 aliphatic heterocycles. The molecule has 0 bridgehead atoms. The molecule has 5 nitrogen and oxygen atoms in total. The standard InChI is InChI=1S/C20H27N3O2/c1-15-5-6-16-14-17(20(25)22-18(16)13-15)7-8-19(24)21-9-12-23-10-3-2-4-11-23/h5-6,13-14H,2-4,7-12H2,1H3,(H,21,24)(H,22,25). The number of piperidine rings is 1. The predicted octanol–water partition coefficient (Wildman–Crippen LogP) is 2.37. The van der Waals surface area contributed by atoms with Crippen molar-refractivity contribution in [3.05, 3.63) is 45.7 Å². The summed E-state index contributed by atoms with van der Waals surface area (Å²) in [4.78, 5) is 29.5. The molecular weight excluding hydrogens is 314 g/mol. The summed E-state index contributed by atoms with van der Waals surface area (Å²) in [5.41, 5.74) is 2.53. The number of hydrogen-bond acceptors (Lipinski definition) is 3. The van der Waals surface area contributed by atoms with Crippen LogP contribution in [0.25, 0.3) is 10.9 Å². The van der Waals surface area contributed by atoms with Crippen molar-refractivity contribution in [3.8, 4) is 0 Å². The number of fused-ring (bicyclic) bond motifs is 1. The number of H-pyrrole nitrogens is 1. The highest BCUT2D eigenvalue weighted by Crippen LogP contribution is 2.13. The number of aromatic nitrogens is 1. The number of pyridine rings is 1. The van der Waals surface area contributed by atoms with Crippen LogP contribution < -0.4 is 10.9 Å². The van der Waals surface area contributed by atoms with Crippen molar-refractivity contribution in [1.82, 2.24) is 15.2 Å². The Kier molecular flexibility index (Phi) is 5.87. The van der Waals surface area contributed by atoms with E-state index in [9.17, 15) is 9.59 Å². The molecule has 0 atom stereocenters. The van der Waals surface area contributed by atoms with Crippen molar-refractivity contribution in [3.63, 3.8) is 0 Å². The first kappa shape index (κ1) is 17.7. The van der Waals surface area contributed by atoms with E-state index in [1.165, 1.54) is 19.3 Å². The number of rotatable bonds is 6. The highest BCUT2D eigenvalue weighted by atomic mass is 16.1. The Hall–Kier alpha value is -2.14. The van der Waals surface area contributed by atoms with E-state index < -0.39 is 0 Å². The maximum atomic E-state index is 12.2. The molecule has 5 heteroatoms. The van der Waals surface area contributed by atoms with Gasteiger partial charge in [-0.1, -0.05) is 18.6 Å². The minimum atomic E-state index is -0.0979. The second-order valence-corrected chi connectivity index (χ2v) is 6.97. The van der Waals surface area contributed by atoms with Gasteiger partial charge in [0.2, 0.25) is 5.91 Å². The second-order valence-electron chi connectivity index (χ2n) is 6.97. The van der Waals surface area contributed by atoms with Crippen molar-refractivity contribution in [2.75, 3.05) is 26.2 Å². The molecule has 0 saturated carbocycles. The molecule has 1 fully saturated rings. The van der Waals surface area contributed by atoms with Crippen molar-refractivity contribution in [2.24, 2.45) is 0 Å². The van der Waals surface area contributed by atoms with Crippen LogP contribution in [0.2, 0.25) is 0 Å². The summed E-state index contributed by atoms with van der Waals surface area (Å²) in [5.74, 6) is 0.0143. The normalized spacial score (nSPS) is 15.4. The number of aryl methyl sites for hydroxylation is 2. The van der Waals surface area contributed by atoms with Crippen LogP contribution in [-0.4, -0.2) is 42.0 Å². The molecule has 2 aromatic rings. The number of hydrogen-bond donors (Lipinski definition) is 2. The molecule has 134 valence electrons. The summed E-state index contributed by atoms with van der Waals surface area (Å²) in [6, 6.07) is 7.89. The van der Waals surface area contributed by atoms with E-state index in [0.29, 0.717) is 24.9 Å². The molecule has 2 heterocycles. The highest BCUT2D eigenvalue weighted by Gasteiger charge is 2.10. The Morgan fingerprint density at radius 3 is 2.80 bits per heavy atom. The number of nitrogens with zero attached hydrogens (tertiary/aromatic N) is 1. The maximum absolute atomic E-state index is 12.2. The number of aromatic amines is 1. The van der Waals surface area contributed by atoms with Crippen molar-refractivity contribution in [2.45, 2.75) is 39.0 Å². The van der Waals surface area contributed by atoms with E-state index in [1.54, 1.807) is 0 Å². The van der Waals surface area contributed by atoms with Crippen LogP contribution in [0, 0.1) is 6.92 Å². The lowest BCUT2D eigenvalue weighted by Crippen LogP contribution is -2.37. The molecule has 0 aliphatic carbocycles. The van der Waals surface area contributed by atoms with Crippen LogP contribution in [0.1, 0.15) is 36.8 Å². The van der Waals surface area contributed by atoms with Crippen LogP contribution in [0.5, 0.6) is 0 Å². The van der Waals surface area contributed by atoms with Crippen LogP contribution in [0.4, 0.5) is 0 Å². The van der Waals surface area contributed by atoms with Crippen molar-refractivity contribution in [1.29, 1.82) is 0 Å². The summed E-state index contributed by atoms with van der Waals surface area (Å²) in [7, 11) is 0. The first-order valence-corrected chi connectivity index (χ1v) is 9.23. The fourth-order valence-electron chi connectivity index (χ4n) is 3.42. The molecule has 1 amide bonds. The summed E-state index contributed by atoms with van der Waals surface area (Å²) >= 11 is 0. The average Bonchev–Trinajstić information content (AvgIpc) is 2.61. The second kappa shape index (κ2) is 8.30. The quantitative estimate of drug-likeness (QED) is 0.848. The van der Waals surface area contributed by atoms with Gasteiger partial charge >= 0.3 is 0 Å². The van der Waals surface area contributed by atoms with Crippen LogP contribution in [0.3, 0.4) is 0 Å². The zero-order chi connectivity index (χ0) is 17.6. The number of benzene rings is 1. The minimum Gasteiger partial charge on any atom is -0.355 e. The fraction of sp³-hybridized carbons (Fsp3) is 0.500. The zero-order valence-electron chi connectivity index (χ0n) is 14.9. The molecule has 1 aliphatic rings. The van der Waals surface area contributed by atoms with Gasteiger partial charge < -0.3 is 15.2 Å². The monoisotopic (exact) mass is 341 g/mol. The number of likely N-dealkylation sites (tertiary alicyclic amines) is 1. The van der Waals surface area contributed by atoms with Gasteiger partial charge in [-0.25, -0.2) is 0 Å².